The van der Waals surface area contributed by atoms with E-state index < -0.39 is 9.39 Å². The minimum Gasteiger partial charge on any atom is -0.391 e. The zero-order valence-electron chi connectivity index (χ0n) is 21.5. The average molecular weight is 558 g/mol. The molecule has 1 aromatic heterocycles. The van der Waals surface area contributed by atoms with Crippen molar-refractivity contribution in [1.29, 1.82) is 0 Å². The van der Waals surface area contributed by atoms with Gasteiger partial charge in [0.2, 0.25) is 0 Å². The van der Waals surface area contributed by atoms with E-state index in [0.717, 1.165) is 8.51 Å². The second kappa shape index (κ2) is 10.2. The number of hydrogen-bond donors (Lipinski definition) is 0. The van der Waals surface area contributed by atoms with E-state index in [4.69, 9.17) is 40.2 Å². The fourth-order valence-corrected chi connectivity index (χ4v) is 3.85. The van der Waals surface area contributed by atoms with Crippen LogP contribution in [0.2, 0.25) is 0 Å². The summed E-state index contributed by atoms with van der Waals surface area (Å²) in [6.07, 6.45) is 0. The molecule has 1 aromatic carbocycles. The van der Waals surface area contributed by atoms with Crippen molar-refractivity contribution >= 4 is 58.1 Å². The standard InChI is InChI=1S/C22H38N4P.Al.4ClH/c1-19(2,3)15-13-16(20(4,5)6)18(17(14-15)21(7,8)9)25-23-24-26(27-25)22(10,11)12;;;;;/h13-14H,1-12H3;;4*1H/q+1;+3;;;;/p-4. The van der Waals surface area contributed by atoms with Crippen LogP contribution in [0.25, 0.3) is 5.69 Å². The van der Waals surface area contributed by atoms with Gasteiger partial charge in [-0.15, -0.1) is 4.44 Å². The van der Waals surface area contributed by atoms with Gasteiger partial charge in [-0.25, -0.2) is 0 Å². The zero-order valence-corrected chi connectivity index (χ0v) is 26.6. The van der Waals surface area contributed by atoms with E-state index in [1.54, 1.807) is 0 Å². The van der Waals surface area contributed by atoms with Crippen LogP contribution in [0.15, 0.2) is 12.1 Å². The Hall–Kier alpha value is 0.412. The first-order valence-corrected chi connectivity index (χ1v) is 18.5. The minimum absolute atomic E-state index is 0.0107. The lowest BCUT2D eigenvalue weighted by atomic mass is 9.74. The summed E-state index contributed by atoms with van der Waals surface area (Å²) in [5, 5.41) is 9.02. The van der Waals surface area contributed by atoms with E-state index in [1.165, 1.54) is 22.4 Å². The summed E-state index contributed by atoms with van der Waals surface area (Å²) in [5.74, 6) is 0. The molecule has 0 saturated heterocycles. The Kier molecular flexibility index (Phi) is 9.69. The van der Waals surface area contributed by atoms with Gasteiger partial charge in [0.15, 0.2) is 10.9 Å². The molecule has 0 unspecified atom stereocenters. The van der Waals surface area contributed by atoms with E-state index in [9.17, 15) is 0 Å². The Morgan fingerprint density at radius 2 is 1.12 bits per heavy atom. The first-order valence-electron chi connectivity index (χ1n) is 10.7. The molecule has 1 heterocycles. The summed E-state index contributed by atoms with van der Waals surface area (Å²) in [5.41, 5.74) is 5.31. The third-order valence-electron chi connectivity index (χ3n) is 4.77. The van der Waals surface area contributed by atoms with E-state index in [0.29, 0.717) is 0 Å². The lowest BCUT2D eigenvalue weighted by Gasteiger charge is -2.31. The molecule has 0 amide bonds. The molecule has 0 fully saturated rings. The fourth-order valence-electron chi connectivity index (χ4n) is 2.98. The molecule has 0 aliphatic rings. The summed E-state index contributed by atoms with van der Waals surface area (Å²) in [7, 11) is 18.0. The number of benzene rings is 1. The highest BCUT2D eigenvalue weighted by atomic mass is 35.9. The van der Waals surface area contributed by atoms with Gasteiger partial charge in [0.1, 0.15) is 10.8 Å². The van der Waals surface area contributed by atoms with Crippen LogP contribution in [0.1, 0.15) is 99.8 Å². The molecule has 4 nitrogen and oxygen atoms in total. The van der Waals surface area contributed by atoms with E-state index in [2.05, 4.69) is 110 Å². The normalized spacial score (nSPS) is 13.9. The Labute approximate surface area is 215 Å². The summed E-state index contributed by atoms with van der Waals surface area (Å²) in [4.78, 5) is 0. The Morgan fingerprint density at radius 1 is 0.750 bits per heavy atom. The lowest BCUT2D eigenvalue weighted by Crippen LogP contribution is -2.48. The van der Waals surface area contributed by atoms with Crippen LogP contribution in [-0.2, 0) is 21.8 Å². The van der Waals surface area contributed by atoms with Crippen LogP contribution >= 0.6 is 48.7 Å². The summed E-state index contributed by atoms with van der Waals surface area (Å²) in [6, 6.07) is 4.77. The molecule has 2 rings (SSSR count). The van der Waals surface area contributed by atoms with Gasteiger partial charge in [-0.3, -0.25) is 0 Å². The van der Waals surface area contributed by atoms with Gasteiger partial charge >= 0.3 is 17.9 Å². The predicted octanol–water partition coefficient (Wildman–Crippen LogP) is 8.16. The first kappa shape index (κ1) is 30.4. The molecule has 32 heavy (non-hydrogen) atoms. The summed E-state index contributed by atoms with van der Waals surface area (Å²) >= 11 is 0. The maximum atomic E-state index is 4.99. The summed E-state index contributed by atoms with van der Waals surface area (Å²) in [6.45, 7) is 27.1. The van der Waals surface area contributed by atoms with Crippen molar-refractivity contribution < 1.29 is 4.44 Å². The van der Waals surface area contributed by atoms with Crippen molar-refractivity contribution in [3.63, 3.8) is 0 Å². The topological polar surface area (TPSA) is 34.6 Å². The molecular weight excluding hydrogens is 520 g/mol. The van der Waals surface area contributed by atoms with Crippen LogP contribution in [0.3, 0.4) is 0 Å². The SMILES string of the molecule is CC(C)(C)c1cc(C(C)(C)C)c(-n2nn[n+](C(C)(C)C)p2)c(C(C)(C)C)c1.[Cl][Al-]([Cl])([Cl])[Cl]. The number of nitrogens with zero attached hydrogens (tertiary/aromatic N) is 4. The third-order valence-corrected chi connectivity index (χ3v) is 6.07. The molecule has 0 N–H and O–H groups in total. The molecular formula is C22H38AlCl4N4P. The van der Waals surface area contributed by atoms with E-state index in [-0.39, 0.29) is 21.8 Å². The molecule has 10 heteroatoms. The third kappa shape index (κ3) is 9.22. The molecule has 0 saturated carbocycles. The van der Waals surface area contributed by atoms with Crippen molar-refractivity contribution in [2.75, 3.05) is 0 Å². The number of aromatic nitrogens is 4. The Balaban J connectivity index is 0.000000920. The van der Waals surface area contributed by atoms with Crippen LogP contribution in [-0.4, -0.2) is 24.3 Å². The molecule has 0 atom stereocenters. The van der Waals surface area contributed by atoms with Gasteiger partial charge in [0.25, 0.3) is 0 Å². The first-order chi connectivity index (χ1) is 13.9. The van der Waals surface area contributed by atoms with Crippen molar-refractivity contribution in [2.45, 2.75) is 105 Å². The molecule has 0 aliphatic carbocycles. The van der Waals surface area contributed by atoms with Gasteiger partial charge in [0, 0.05) is 11.1 Å². The molecule has 2 aromatic rings. The maximum absolute atomic E-state index is 4.99. The highest BCUT2D eigenvalue weighted by molar-refractivity contribution is 7.81. The Bertz CT molecular complexity index is 887. The maximum Gasteiger partial charge on any atom is 0.564 e. The van der Waals surface area contributed by atoms with Crippen LogP contribution in [0.5, 0.6) is 0 Å². The molecule has 0 spiro atoms. The van der Waals surface area contributed by atoms with Crippen LogP contribution in [0.4, 0.5) is 0 Å². The monoisotopic (exact) mass is 556 g/mol. The predicted molar refractivity (Wildman–Crippen MR) is 144 cm³/mol. The van der Waals surface area contributed by atoms with Crippen LogP contribution in [0, 0.1) is 0 Å². The minimum atomic E-state index is -2.94. The number of halogens is 4. The zero-order chi connectivity index (χ0) is 25.5. The highest BCUT2D eigenvalue weighted by Gasteiger charge is 2.34. The second-order valence-corrected chi connectivity index (χ2v) is 26.0. The lowest BCUT2D eigenvalue weighted by molar-refractivity contribution is -0.747. The quantitative estimate of drug-likeness (QED) is 0.331. The Morgan fingerprint density at radius 3 is 1.38 bits per heavy atom. The molecule has 0 aliphatic heterocycles. The van der Waals surface area contributed by atoms with Gasteiger partial charge in [-0.1, -0.05) is 74.4 Å². The number of hydrogen-bond acceptors (Lipinski definition) is 2. The largest absolute Gasteiger partial charge is 0.564 e. The van der Waals surface area contributed by atoms with Gasteiger partial charge in [-0.2, -0.15) is 0 Å². The second-order valence-electron chi connectivity index (χ2n) is 12.2. The van der Waals surface area contributed by atoms with E-state index >= 15 is 0 Å². The average Bonchev–Trinajstić information content (AvgIpc) is 2.99. The molecule has 0 bridgehead atoms. The van der Waals surface area contributed by atoms with Gasteiger partial charge in [0.05, 0.1) is 0 Å². The van der Waals surface area contributed by atoms with Gasteiger partial charge < -0.3 is 40.2 Å². The number of rotatable bonds is 1. The van der Waals surface area contributed by atoms with Crippen molar-refractivity contribution in [2.24, 2.45) is 0 Å². The van der Waals surface area contributed by atoms with Crippen LogP contribution < -0.4 is 4.44 Å². The van der Waals surface area contributed by atoms with E-state index in [1.807, 2.05) is 4.44 Å². The van der Waals surface area contributed by atoms with Gasteiger partial charge in [-0.05, 0) is 47.0 Å². The summed E-state index contributed by atoms with van der Waals surface area (Å²) < 4.78 is 4.10. The molecule has 182 valence electrons. The highest BCUT2D eigenvalue weighted by Crippen LogP contribution is 2.40. The van der Waals surface area contributed by atoms with Crippen molar-refractivity contribution in [3.05, 3.63) is 28.8 Å². The smallest absolute Gasteiger partial charge is 0.391 e. The fraction of sp³-hybridized carbons (Fsp3) is 0.727. The van der Waals surface area contributed by atoms with Crippen molar-refractivity contribution in [1.82, 2.24) is 14.9 Å². The van der Waals surface area contributed by atoms with Crippen molar-refractivity contribution in [3.8, 4) is 5.69 Å². The molecule has 0 radical (unpaired) electrons.